The Kier molecular flexibility index (Phi) is 3.38. The van der Waals surface area contributed by atoms with Gasteiger partial charge in [0.1, 0.15) is 5.76 Å². The summed E-state index contributed by atoms with van der Waals surface area (Å²) in [5.74, 6) is 1.03. The van der Waals surface area contributed by atoms with E-state index >= 15 is 0 Å². The van der Waals surface area contributed by atoms with Crippen LogP contribution in [0.1, 0.15) is 16.9 Å². The van der Waals surface area contributed by atoms with Gasteiger partial charge in [0.05, 0.1) is 12.8 Å². The molecule has 0 aliphatic heterocycles. The molecule has 2 aromatic heterocycles. The van der Waals surface area contributed by atoms with Gasteiger partial charge in [-0.2, -0.15) is 0 Å². The topological polar surface area (TPSA) is 41.0 Å². The molecule has 2 heterocycles. The van der Waals surface area contributed by atoms with Crippen molar-refractivity contribution in [1.82, 2.24) is 10.3 Å². The summed E-state index contributed by atoms with van der Waals surface area (Å²) in [5, 5.41) is 4.74. The number of hydrogen-bond donors (Lipinski definition) is 2. The van der Waals surface area contributed by atoms with Crippen LogP contribution >= 0.6 is 0 Å². The molecule has 2 N–H and O–H groups in total. The molecule has 0 saturated carbocycles. The molecule has 3 heteroatoms. The van der Waals surface area contributed by atoms with Gasteiger partial charge in [0.2, 0.25) is 0 Å². The second-order valence-corrected chi connectivity index (χ2v) is 4.81. The zero-order valence-corrected chi connectivity index (χ0v) is 11.1. The highest BCUT2D eigenvalue weighted by atomic mass is 16.3. The van der Waals surface area contributed by atoms with Crippen LogP contribution in [0.2, 0.25) is 0 Å². The van der Waals surface area contributed by atoms with Crippen LogP contribution in [-0.4, -0.2) is 11.5 Å². The predicted molar refractivity (Wildman–Crippen MR) is 77.2 cm³/mol. The molecule has 1 aromatic carbocycles. The van der Waals surface area contributed by atoms with E-state index in [1.54, 1.807) is 6.26 Å². The molecule has 0 aliphatic carbocycles. The van der Waals surface area contributed by atoms with Gasteiger partial charge in [-0.1, -0.05) is 18.2 Å². The quantitative estimate of drug-likeness (QED) is 0.685. The van der Waals surface area contributed by atoms with Crippen LogP contribution in [-0.2, 0) is 13.0 Å². The number of aromatic nitrogens is 1. The Morgan fingerprint density at radius 1 is 1.21 bits per heavy atom. The first-order valence-electron chi connectivity index (χ1n) is 6.63. The highest BCUT2D eigenvalue weighted by Gasteiger charge is 2.03. The number of furan rings is 1. The van der Waals surface area contributed by atoms with Crippen molar-refractivity contribution in [3.8, 4) is 0 Å². The van der Waals surface area contributed by atoms with Crippen molar-refractivity contribution in [2.24, 2.45) is 0 Å². The van der Waals surface area contributed by atoms with E-state index in [1.807, 2.05) is 6.07 Å². The average molecular weight is 254 g/mol. The Balaban J connectivity index is 1.57. The lowest BCUT2D eigenvalue weighted by molar-refractivity contribution is 0.481. The molecule has 0 spiro atoms. The number of hydrogen-bond acceptors (Lipinski definition) is 2. The van der Waals surface area contributed by atoms with E-state index in [0.717, 1.165) is 25.3 Å². The van der Waals surface area contributed by atoms with Crippen molar-refractivity contribution in [2.45, 2.75) is 19.9 Å². The Morgan fingerprint density at radius 3 is 2.95 bits per heavy atom. The Labute approximate surface area is 112 Å². The van der Waals surface area contributed by atoms with Gasteiger partial charge in [-0.3, -0.25) is 0 Å². The predicted octanol–water partition coefficient (Wildman–Crippen LogP) is 3.40. The van der Waals surface area contributed by atoms with Crippen molar-refractivity contribution >= 4 is 10.9 Å². The van der Waals surface area contributed by atoms with Crippen molar-refractivity contribution in [3.63, 3.8) is 0 Å². The maximum atomic E-state index is 5.40. The fourth-order valence-electron chi connectivity index (χ4n) is 2.35. The van der Waals surface area contributed by atoms with Gasteiger partial charge in [-0.15, -0.1) is 0 Å². The lowest BCUT2D eigenvalue weighted by atomic mass is 10.1. The largest absolute Gasteiger partial charge is 0.468 e. The summed E-state index contributed by atoms with van der Waals surface area (Å²) < 4.78 is 5.40. The average Bonchev–Trinajstić information content (AvgIpc) is 3.02. The molecule has 19 heavy (non-hydrogen) atoms. The van der Waals surface area contributed by atoms with Gasteiger partial charge >= 0.3 is 0 Å². The number of para-hydroxylation sites is 1. The molecule has 0 saturated heterocycles. The highest BCUT2D eigenvalue weighted by Crippen LogP contribution is 2.17. The normalized spacial score (nSPS) is 11.2. The van der Waals surface area contributed by atoms with Crippen LogP contribution in [0.3, 0.4) is 0 Å². The number of rotatable bonds is 5. The summed E-state index contributed by atoms with van der Waals surface area (Å²) >= 11 is 0. The number of aromatic amines is 1. The summed E-state index contributed by atoms with van der Waals surface area (Å²) in [5.41, 5.74) is 3.78. The number of aryl methyl sites for hydroxylation is 1. The van der Waals surface area contributed by atoms with E-state index in [2.05, 4.69) is 47.7 Å². The van der Waals surface area contributed by atoms with E-state index in [9.17, 15) is 0 Å². The lowest BCUT2D eigenvalue weighted by Gasteiger charge is -2.03. The molecule has 98 valence electrons. The number of H-pyrrole nitrogens is 1. The molecule has 3 aromatic rings. The third kappa shape index (κ3) is 2.56. The highest BCUT2D eigenvalue weighted by molar-refractivity contribution is 5.83. The van der Waals surface area contributed by atoms with Gasteiger partial charge in [-0.05, 0) is 43.1 Å². The maximum Gasteiger partial charge on any atom is 0.120 e. The minimum Gasteiger partial charge on any atom is -0.468 e. The van der Waals surface area contributed by atoms with Crippen LogP contribution in [0, 0.1) is 6.92 Å². The van der Waals surface area contributed by atoms with E-state index in [4.69, 9.17) is 4.42 Å². The molecule has 3 nitrogen and oxygen atoms in total. The molecule has 3 rings (SSSR count). The first-order chi connectivity index (χ1) is 9.34. The maximum absolute atomic E-state index is 5.40. The minimum absolute atomic E-state index is 0.793. The van der Waals surface area contributed by atoms with E-state index in [0.29, 0.717) is 0 Å². The second kappa shape index (κ2) is 5.33. The van der Waals surface area contributed by atoms with Gasteiger partial charge in [-0.25, -0.2) is 0 Å². The molecule has 0 radical (unpaired) electrons. The molecule has 0 amide bonds. The van der Waals surface area contributed by atoms with Gasteiger partial charge in [0.15, 0.2) is 0 Å². The minimum atomic E-state index is 0.793. The summed E-state index contributed by atoms with van der Waals surface area (Å²) in [7, 11) is 0. The van der Waals surface area contributed by atoms with Crippen molar-refractivity contribution in [1.29, 1.82) is 0 Å². The lowest BCUT2D eigenvalue weighted by Crippen LogP contribution is -2.16. The standard InChI is InChI=1S/C16H18N2O/c1-12-7-9-19-16(12)11-17-8-6-13-10-18-15-5-3-2-4-14(13)15/h2-5,7,9-10,17-18H,6,8,11H2,1H3. The van der Waals surface area contributed by atoms with Crippen LogP contribution in [0.4, 0.5) is 0 Å². The molecule has 0 aliphatic rings. The summed E-state index contributed by atoms with van der Waals surface area (Å²) in [6.07, 6.45) is 4.86. The van der Waals surface area contributed by atoms with E-state index in [1.165, 1.54) is 22.0 Å². The fourth-order valence-corrected chi connectivity index (χ4v) is 2.35. The summed E-state index contributed by atoms with van der Waals surface area (Å²) in [4.78, 5) is 3.31. The summed E-state index contributed by atoms with van der Waals surface area (Å²) in [6.45, 7) is 3.81. The molecule has 0 fully saturated rings. The number of benzene rings is 1. The van der Waals surface area contributed by atoms with Crippen LogP contribution in [0.15, 0.2) is 47.2 Å². The van der Waals surface area contributed by atoms with Gasteiger partial charge in [0.25, 0.3) is 0 Å². The Morgan fingerprint density at radius 2 is 2.11 bits per heavy atom. The molecular formula is C16H18N2O. The van der Waals surface area contributed by atoms with Crippen molar-refractivity contribution < 1.29 is 4.42 Å². The fraction of sp³-hybridized carbons (Fsp3) is 0.250. The molecule has 0 bridgehead atoms. The van der Waals surface area contributed by atoms with Crippen molar-refractivity contribution in [2.75, 3.05) is 6.54 Å². The first kappa shape index (κ1) is 12.1. The van der Waals surface area contributed by atoms with E-state index < -0.39 is 0 Å². The zero-order chi connectivity index (χ0) is 13.1. The second-order valence-electron chi connectivity index (χ2n) is 4.81. The zero-order valence-electron chi connectivity index (χ0n) is 11.1. The Hall–Kier alpha value is -2.00. The smallest absolute Gasteiger partial charge is 0.120 e. The monoisotopic (exact) mass is 254 g/mol. The van der Waals surface area contributed by atoms with E-state index in [-0.39, 0.29) is 0 Å². The van der Waals surface area contributed by atoms with Gasteiger partial charge < -0.3 is 14.7 Å². The molecular weight excluding hydrogens is 236 g/mol. The summed E-state index contributed by atoms with van der Waals surface area (Å²) in [6, 6.07) is 10.4. The van der Waals surface area contributed by atoms with Crippen LogP contribution in [0.25, 0.3) is 10.9 Å². The SMILES string of the molecule is Cc1ccoc1CNCCc1c[nH]c2ccccc12. The van der Waals surface area contributed by atoms with Gasteiger partial charge in [0, 0.05) is 17.1 Å². The third-order valence-corrected chi connectivity index (χ3v) is 3.50. The first-order valence-corrected chi connectivity index (χ1v) is 6.63. The van der Waals surface area contributed by atoms with Crippen LogP contribution < -0.4 is 5.32 Å². The molecule has 0 atom stereocenters. The Bertz CT molecular complexity index is 666. The third-order valence-electron chi connectivity index (χ3n) is 3.50. The number of nitrogens with one attached hydrogen (secondary N) is 2. The molecule has 0 unspecified atom stereocenters. The van der Waals surface area contributed by atoms with Crippen molar-refractivity contribution in [3.05, 3.63) is 59.7 Å². The van der Waals surface area contributed by atoms with Crippen LogP contribution in [0.5, 0.6) is 0 Å². The number of fused-ring (bicyclic) bond motifs is 1.